The third kappa shape index (κ3) is 3.10. The maximum atomic E-state index is 4.29. The molecule has 1 aliphatic rings. The number of nitrogens with zero attached hydrogens (tertiary/aromatic N) is 2. The van der Waals surface area contributed by atoms with E-state index in [-0.39, 0.29) is 0 Å². The van der Waals surface area contributed by atoms with E-state index in [4.69, 9.17) is 0 Å². The summed E-state index contributed by atoms with van der Waals surface area (Å²) in [5.74, 6) is 0. The summed E-state index contributed by atoms with van der Waals surface area (Å²) < 4.78 is 2.00. The number of hydrogen-bond donors (Lipinski definition) is 1. The van der Waals surface area contributed by atoms with Crippen LogP contribution >= 0.6 is 0 Å². The number of rotatable bonds is 4. The molecular weight excluding hydrogens is 246 g/mol. The van der Waals surface area contributed by atoms with Crippen molar-refractivity contribution in [2.24, 2.45) is 0 Å². The topological polar surface area (TPSA) is 29.9 Å². The van der Waals surface area contributed by atoms with Crippen molar-refractivity contribution in [1.82, 2.24) is 15.1 Å². The van der Waals surface area contributed by atoms with Crippen molar-refractivity contribution in [2.75, 3.05) is 0 Å². The van der Waals surface area contributed by atoms with Crippen LogP contribution in [0.15, 0.2) is 42.7 Å². The highest BCUT2D eigenvalue weighted by atomic mass is 15.3. The van der Waals surface area contributed by atoms with E-state index in [2.05, 4.69) is 41.6 Å². The van der Waals surface area contributed by atoms with Gasteiger partial charge >= 0.3 is 0 Å². The van der Waals surface area contributed by atoms with Crippen LogP contribution in [0.25, 0.3) is 0 Å². The fraction of sp³-hybridized carbons (Fsp3) is 0.471. The molecule has 3 rings (SSSR count). The Kier molecular flexibility index (Phi) is 4.16. The monoisotopic (exact) mass is 269 g/mol. The van der Waals surface area contributed by atoms with E-state index in [1.807, 2.05) is 23.1 Å². The maximum Gasteiger partial charge on any atom is 0.0560 e. The summed E-state index contributed by atoms with van der Waals surface area (Å²) in [5.41, 5.74) is 3.02. The van der Waals surface area contributed by atoms with Crippen molar-refractivity contribution < 1.29 is 0 Å². The molecule has 0 amide bonds. The predicted octanol–water partition coefficient (Wildman–Crippen LogP) is 3.33. The standard InChI is InChI=1S/C17H23N3/c1-14(13-20-12-6-11-18-20)19-17-10-5-3-8-15-7-2-4-9-16(15)17/h2,4,6-7,9,11-12,14,17,19H,3,5,8,10,13H2,1H3. The lowest BCUT2D eigenvalue weighted by Gasteiger charge is -2.24. The van der Waals surface area contributed by atoms with E-state index in [0.29, 0.717) is 12.1 Å². The van der Waals surface area contributed by atoms with Gasteiger partial charge in [-0.15, -0.1) is 0 Å². The lowest BCUT2D eigenvalue weighted by atomic mass is 9.98. The van der Waals surface area contributed by atoms with Gasteiger partial charge < -0.3 is 5.32 Å². The van der Waals surface area contributed by atoms with E-state index < -0.39 is 0 Å². The van der Waals surface area contributed by atoms with Gasteiger partial charge in [0, 0.05) is 24.5 Å². The number of benzene rings is 1. The van der Waals surface area contributed by atoms with Crippen LogP contribution in [-0.4, -0.2) is 15.8 Å². The molecule has 1 aromatic carbocycles. The van der Waals surface area contributed by atoms with Crippen molar-refractivity contribution in [3.8, 4) is 0 Å². The smallest absolute Gasteiger partial charge is 0.0560 e. The Hall–Kier alpha value is -1.61. The second-order valence-corrected chi connectivity index (χ2v) is 5.79. The fourth-order valence-corrected chi connectivity index (χ4v) is 3.18. The second kappa shape index (κ2) is 6.23. The molecular formula is C17H23N3. The van der Waals surface area contributed by atoms with Gasteiger partial charge in [0.15, 0.2) is 0 Å². The van der Waals surface area contributed by atoms with Gasteiger partial charge in [-0.25, -0.2) is 0 Å². The lowest BCUT2D eigenvalue weighted by Crippen LogP contribution is -2.34. The van der Waals surface area contributed by atoms with Crippen molar-refractivity contribution in [3.05, 3.63) is 53.9 Å². The maximum absolute atomic E-state index is 4.29. The van der Waals surface area contributed by atoms with Crippen LogP contribution in [-0.2, 0) is 13.0 Å². The summed E-state index contributed by atoms with van der Waals surface area (Å²) in [4.78, 5) is 0. The van der Waals surface area contributed by atoms with E-state index in [1.54, 1.807) is 0 Å². The Balaban J connectivity index is 1.70. The zero-order chi connectivity index (χ0) is 13.8. The molecule has 3 heteroatoms. The summed E-state index contributed by atoms with van der Waals surface area (Å²) in [5, 5.41) is 8.08. The molecule has 0 saturated carbocycles. The second-order valence-electron chi connectivity index (χ2n) is 5.79. The third-order valence-electron chi connectivity index (χ3n) is 4.13. The molecule has 1 aliphatic carbocycles. The average molecular weight is 269 g/mol. The molecule has 1 heterocycles. The molecule has 0 bridgehead atoms. The Morgan fingerprint density at radius 1 is 1.30 bits per heavy atom. The Bertz CT molecular complexity index is 533. The molecule has 2 unspecified atom stereocenters. The molecule has 2 atom stereocenters. The summed E-state index contributed by atoms with van der Waals surface area (Å²) in [7, 11) is 0. The largest absolute Gasteiger partial charge is 0.306 e. The number of aromatic nitrogens is 2. The Morgan fingerprint density at radius 3 is 3.05 bits per heavy atom. The van der Waals surface area contributed by atoms with Gasteiger partial charge in [0.1, 0.15) is 0 Å². The molecule has 2 aromatic rings. The van der Waals surface area contributed by atoms with Crippen LogP contribution in [0, 0.1) is 0 Å². The molecule has 0 saturated heterocycles. The van der Waals surface area contributed by atoms with Crippen LogP contribution < -0.4 is 5.32 Å². The molecule has 0 aliphatic heterocycles. The molecule has 0 radical (unpaired) electrons. The van der Waals surface area contributed by atoms with E-state index in [0.717, 1.165) is 6.54 Å². The van der Waals surface area contributed by atoms with Gasteiger partial charge in [-0.3, -0.25) is 4.68 Å². The van der Waals surface area contributed by atoms with Gasteiger partial charge in [-0.05, 0) is 43.4 Å². The minimum Gasteiger partial charge on any atom is -0.306 e. The van der Waals surface area contributed by atoms with E-state index >= 15 is 0 Å². The normalized spacial score (nSPS) is 20.1. The summed E-state index contributed by atoms with van der Waals surface area (Å²) in [6.07, 6.45) is 8.94. The fourth-order valence-electron chi connectivity index (χ4n) is 3.18. The molecule has 1 N–H and O–H groups in total. The first kappa shape index (κ1) is 13.4. The molecule has 0 spiro atoms. The highest BCUT2D eigenvalue weighted by molar-refractivity contribution is 5.31. The van der Waals surface area contributed by atoms with Gasteiger partial charge in [-0.2, -0.15) is 5.10 Å². The van der Waals surface area contributed by atoms with Crippen LogP contribution in [0.3, 0.4) is 0 Å². The minimum atomic E-state index is 0.422. The number of aryl methyl sites for hydroxylation is 1. The zero-order valence-electron chi connectivity index (χ0n) is 12.1. The average Bonchev–Trinajstić information content (AvgIpc) is 2.87. The van der Waals surface area contributed by atoms with Crippen molar-refractivity contribution in [2.45, 2.75) is 51.2 Å². The minimum absolute atomic E-state index is 0.422. The first-order chi connectivity index (χ1) is 9.83. The highest BCUT2D eigenvalue weighted by Gasteiger charge is 2.19. The van der Waals surface area contributed by atoms with Gasteiger partial charge in [-0.1, -0.05) is 30.7 Å². The predicted molar refractivity (Wildman–Crippen MR) is 81.6 cm³/mol. The van der Waals surface area contributed by atoms with Gasteiger partial charge in [0.25, 0.3) is 0 Å². The van der Waals surface area contributed by atoms with Crippen LogP contribution in [0.5, 0.6) is 0 Å². The third-order valence-corrected chi connectivity index (χ3v) is 4.13. The van der Waals surface area contributed by atoms with Crippen LogP contribution in [0.2, 0.25) is 0 Å². The quantitative estimate of drug-likeness (QED) is 0.863. The zero-order valence-corrected chi connectivity index (χ0v) is 12.1. The molecule has 106 valence electrons. The summed E-state index contributed by atoms with van der Waals surface area (Å²) in [6.45, 7) is 3.17. The van der Waals surface area contributed by atoms with Gasteiger partial charge in [0.2, 0.25) is 0 Å². The lowest BCUT2D eigenvalue weighted by molar-refractivity contribution is 0.383. The Morgan fingerprint density at radius 2 is 2.20 bits per heavy atom. The van der Waals surface area contributed by atoms with Crippen molar-refractivity contribution in [1.29, 1.82) is 0 Å². The number of fused-ring (bicyclic) bond motifs is 1. The molecule has 20 heavy (non-hydrogen) atoms. The molecule has 1 aromatic heterocycles. The summed E-state index contributed by atoms with van der Waals surface area (Å²) >= 11 is 0. The number of hydrogen-bond acceptors (Lipinski definition) is 2. The van der Waals surface area contributed by atoms with E-state index in [1.165, 1.54) is 36.8 Å². The molecule has 0 fully saturated rings. The highest BCUT2D eigenvalue weighted by Crippen LogP contribution is 2.28. The first-order valence-corrected chi connectivity index (χ1v) is 7.64. The van der Waals surface area contributed by atoms with E-state index in [9.17, 15) is 0 Å². The Labute approximate surface area is 121 Å². The van der Waals surface area contributed by atoms with Crippen LogP contribution in [0.1, 0.15) is 43.4 Å². The molecule has 3 nitrogen and oxygen atoms in total. The SMILES string of the molecule is CC(Cn1cccn1)NC1CCCCc2ccccc21. The van der Waals surface area contributed by atoms with Crippen molar-refractivity contribution in [3.63, 3.8) is 0 Å². The summed E-state index contributed by atoms with van der Waals surface area (Å²) in [6, 6.07) is 11.8. The van der Waals surface area contributed by atoms with Gasteiger partial charge in [0.05, 0.1) is 6.54 Å². The van der Waals surface area contributed by atoms with Crippen LogP contribution in [0.4, 0.5) is 0 Å². The van der Waals surface area contributed by atoms with Crippen molar-refractivity contribution >= 4 is 0 Å². The first-order valence-electron chi connectivity index (χ1n) is 7.64. The number of nitrogens with one attached hydrogen (secondary N) is 1.